The van der Waals surface area contributed by atoms with Gasteiger partial charge in [-0.2, -0.15) is 26.3 Å². The molecule has 0 saturated carbocycles. The van der Waals surface area contributed by atoms with Gasteiger partial charge < -0.3 is 10.2 Å². The van der Waals surface area contributed by atoms with E-state index in [9.17, 15) is 31.1 Å². The molecule has 0 bridgehead atoms. The highest BCUT2D eigenvalue weighted by Crippen LogP contribution is 2.38. The zero-order valence-electron chi connectivity index (χ0n) is 19.2. The van der Waals surface area contributed by atoms with Gasteiger partial charge in [0, 0.05) is 32.0 Å². The Hall–Kier alpha value is -2.55. The van der Waals surface area contributed by atoms with Crippen LogP contribution in [0.1, 0.15) is 59.9 Å². The van der Waals surface area contributed by atoms with Crippen LogP contribution in [0.15, 0.2) is 42.5 Å². The van der Waals surface area contributed by atoms with Crippen LogP contribution >= 0.6 is 0 Å². The maximum absolute atomic E-state index is 13.4. The van der Waals surface area contributed by atoms with E-state index < -0.39 is 29.4 Å². The van der Waals surface area contributed by atoms with Crippen LogP contribution in [0.3, 0.4) is 0 Å². The fourth-order valence-corrected chi connectivity index (χ4v) is 4.60. The number of nitrogens with zero attached hydrogens (tertiary/aromatic N) is 1. The molecule has 0 unspecified atom stereocenters. The minimum atomic E-state index is -4.93. The van der Waals surface area contributed by atoms with Crippen molar-refractivity contribution in [2.24, 2.45) is 5.92 Å². The molecule has 1 heterocycles. The summed E-state index contributed by atoms with van der Waals surface area (Å²) in [6.07, 6.45) is -9.34. The number of nitrogens with one attached hydrogen (secondary N) is 1. The summed E-state index contributed by atoms with van der Waals surface area (Å²) >= 11 is 0. The number of hydrogen-bond acceptors (Lipinski definition) is 2. The van der Waals surface area contributed by atoms with Crippen LogP contribution in [0, 0.1) is 5.92 Å². The van der Waals surface area contributed by atoms with Gasteiger partial charge >= 0.3 is 12.4 Å². The summed E-state index contributed by atoms with van der Waals surface area (Å²) in [7, 11) is 1.42. The van der Waals surface area contributed by atoms with E-state index in [0.717, 1.165) is 11.1 Å². The smallest absolute Gasteiger partial charge is 0.341 e. The van der Waals surface area contributed by atoms with Crippen molar-refractivity contribution < 1.29 is 31.1 Å². The highest BCUT2D eigenvalue weighted by Gasteiger charge is 2.38. The van der Waals surface area contributed by atoms with E-state index in [2.05, 4.69) is 19.2 Å². The summed E-state index contributed by atoms with van der Waals surface area (Å²) in [4.78, 5) is 14.6. The fraction of sp³-hybridized carbons (Fsp3) is 0.480. The van der Waals surface area contributed by atoms with Crippen LogP contribution in [0.4, 0.5) is 26.3 Å². The molecule has 0 aliphatic carbocycles. The number of piperidine rings is 1. The molecule has 2 aromatic rings. The monoisotopic (exact) mass is 486 g/mol. The lowest BCUT2D eigenvalue weighted by Gasteiger charge is -2.35. The van der Waals surface area contributed by atoms with Gasteiger partial charge in [-0.1, -0.05) is 38.1 Å². The third kappa shape index (κ3) is 5.92. The Morgan fingerprint density at radius 1 is 1.03 bits per heavy atom. The molecule has 0 spiro atoms. The first-order chi connectivity index (χ1) is 15.8. The van der Waals surface area contributed by atoms with Crippen LogP contribution in [0.5, 0.6) is 0 Å². The average molecular weight is 487 g/mol. The first-order valence-corrected chi connectivity index (χ1v) is 11.1. The second-order valence-electron chi connectivity index (χ2n) is 9.10. The summed E-state index contributed by atoms with van der Waals surface area (Å²) < 4.78 is 79.3. The molecule has 0 aromatic heterocycles. The lowest BCUT2D eigenvalue weighted by Crippen LogP contribution is -2.44. The Bertz CT molecular complexity index is 983. The van der Waals surface area contributed by atoms with Crippen molar-refractivity contribution in [3.63, 3.8) is 0 Å². The number of alkyl halides is 6. The average Bonchev–Trinajstić information content (AvgIpc) is 2.77. The van der Waals surface area contributed by atoms with Gasteiger partial charge in [-0.25, -0.2) is 0 Å². The van der Waals surface area contributed by atoms with E-state index in [0.29, 0.717) is 31.6 Å². The summed E-state index contributed by atoms with van der Waals surface area (Å²) in [5.74, 6) is -0.637. The quantitative estimate of drug-likeness (QED) is 0.511. The van der Waals surface area contributed by atoms with E-state index in [1.54, 1.807) is 0 Å². The lowest BCUT2D eigenvalue weighted by molar-refractivity contribution is -0.143. The molecule has 3 nitrogen and oxygen atoms in total. The minimum Gasteiger partial charge on any atom is -0.341 e. The molecule has 2 aromatic carbocycles. The van der Waals surface area contributed by atoms with Gasteiger partial charge in [-0.3, -0.25) is 4.79 Å². The Balaban J connectivity index is 1.89. The molecule has 1 N–H and O–H groups in total. The van der Waals surface area contributed by atoms with Crippen molar-refractivity contribution in [1.29, 1.82) is 0 Å². The number of hydrogen-bond donors (Lipinski definition) is 1. The number of halogens is 6. The third-order valence-corrected chi connectivity index (χ3v) is 6.26. The highest BCUT2D eigenvalue weighted by molar-refractivity contribution is 5.80. The number of amides is 1. The van der Waals surface area contributed by atoms with Crippen LogP contribution in [-0.4, -0.2) is 30.9 Å². The van der Waals surface area contributed by atoms with Crippen molar-refractivity contribution in [3.8, 4) is 0 Å². The van der Waals surface area contributed by atoms with Gasteiger partial charge in [-0.15, -0.1) is 0 Å². The molecule has 3 rings (SSSR count). The summed E-state index contributed by atoms with van der Waals surface area (Å²) in [5.41, 5.74) is -0.835. The molecule has 1 aliphatic heterocycles. The van der Waals surface area contributed by atoms with Crippen molar-refractivity contribution in [2.45, 2.75) is 51.0 Å². The zero-order valence-corrected chi connectivity index (χ0v) is 19.2. The van der Waals surface area contributed by atoms with Crippen molar-refractivity contribution in [1.82, 2.24) is 10.2 Å². The minimum absolute atomic E-state index is 0.0942. The molecule has 1 amide bonds. The van der Waals surface area contributed by atoms with Gasteiger partial charge in [0.1, 0.15) is 0 Å². The van der Waals surface area contributed by atoms with Crippen molar-refractivity contribution in [2.75, 3.05) is 20.1 Å². The first kappa shape index (κ1) is 26.1. The molecule has 186 valence electrons. The molecule has 1 aliphatic rings. The molecule has 0 radical (unpaired) electrons. The largest absolute Gasteiger partial charge is 0.416 e. The number of benzene rings is 2. The highest BCUT2D eigenvalue weighted by atomic mass is 19.4. The molecular weight excluding hydrogens is 458 g/mol. The van der Waals surface area contributed by atoms with Gasteiger partial charge in [-0.05, 0) is 53.8 Å². The predicted octanol–water partition coefficient (Wildman–Crippen LogP) is 6.20. The second kappa shape index (κ2) is 9.98. The van der Waals surface area contributed by atoms with Gasteiger partial charge in [0.05, 0.1) is 11.1 Å². The Morgan fingerprint density at radius 3 is 2.18 bits per heavy atom. The second-order valence-corrected chi connectivity index (χ2v) is 9.10. The zero-order chi connectivity index (χ0) is 25.3. The Labute approximate surface area is 195 Å². The molecule has 1 saturated heterocycles. The van der Waals surface area contributed by atoms with Crippen molar-refractivity contribution in [3.05, 3.63) is 70.3 Å². The summed E-state index contributed by atoms with van der Waals surface area (Å²) in [6.45, 7) is 4.93. The summed E-state index contributed by atoms with van der Waals surface area (Å²) in [6, 6.07) is 9.28. The predicted molar refractivity (Wildman–Crippen MR) is 117 cm³/mol. The maximum Gasteiger partial charge on any atom is 0.416 e. The molecule has 34 heavy (non-hydrogen) atoms. The maximum atomic E-state index is 13.4. The Kier molecular flexibility index (Phi) is 7.65. The third-order valence-electron chi connectivity index (χ3n) is 6.26. The topological polar surface area (TPSA) is 32.3 Å². The van der Waals surface area contributed by atoms with E-state index >= 15 is 0 Å². The van der Waals surface area contributed by atoms with E-state index in [-0.39, 0.29) is 35.9 Å². The van der Waals surface area contributed by atoms with Gasteiger partial charge in [0.25, 0.3) is 0 Å². The van der Waals surface area contributed by atoms with E-state index in [1.807, 2.05) is 24.3 Å². The first-order valence-electron chi connectivity index (χ1n) is 11.1. The molecule has 9 heteroatoms. The normalized spacial score (nSPS) is 19.4. The number of rotatable bonds is 5. The van der Waals surface area contributed by atoms with Crippen molar-refractivity contribution >= 4 is 5.91 Å². The van der Waals surface area contributed by atoms with Gasteiger partial charge in [0.15, 0.2) is 0 Å². The Morgan fingerprint density at radius 2 is 1.62 bits per heavy atom. The van der Waals surface area contributed by atoms with Gasteiger partial charge in [0.2, 0.25) is 5.91 Å². The number of carbonyl (C=O) groups excluding carboxylic acids is 1. The fourth-order valence-electron chi connectivity index (χ4n) is 4.60. The number of carbonyl (C=O) groups is 1. The van der Waals surface area contributed by atoms with E-state index in [4.69, 9.17) is 0 Å². The van der Waals surface area contributed by atoms with Crippen LogP contribution in [0.25, 0.3) is 0 Å². The van der Waals surface area contributed by atoms with Crippen LogP contribution < -0.4 is 5.32 Å². The molecular formula is C25H28F6N2O. The van der Waals surface area contributed by atoms with E-state index in [1.165, 1.54) is 11.9 Å². The molecule has 2 atom stereocenters. The summed E-state index contributed by atoms with van der Waals surface area (Å²) in [5, 5.41) is 3.30. The lowest BCUT2D eigenvalue weighted by atomic mass is 9.77. The van der Waals surface area contributed by atoms with Crippen LogP contribution in [0.2, 0.25) is 0 Å². The standard InChI is InChI=1S/C25H28F6N2O/c1-15(2)19-6-4-5-7-20(19)22-13-32-9-8-21(22)23(34)33(3)14-16-10-17(24(26,27)28)12-18(11-16)25(29,30)31/h4-7,10-12,15,21-22,32H,8-9,13-14H2,1-3H3/t21-,22+/m1/s1. The van der Waals surface area contributed by atoms with Crippen LogP contribution in [-0.2, 0) is 23.7 Å². The molecule has 1 fully saturated rings. The SMILES string of the molecule is CC(C)c1ccccc1[C@@H]1CNCC[C@H]1C(=O)N(C)Cc1cc(C(F)(F)F)cc(C(F)(F)F)c1.